The number of benzene rings is 1. The Morgan fingerprint density at radius 1 is 1.09 bits per heavy atom. The molecule has 2 fully saturated rings. The minimum atomic E-state index is 0.0303. The number of hydrogen-bond donors (Lipinski definition) is 1. The van der Waals surface area contributed by atoms with Crippen molar-refractivity contribution in [1.82, 2.24) is 14.9 Å². The molecule has 1 aromatic heterocycles. The van der Waals surface area contributed by atoms with Gasteiger partial charge in [0.25, 0.3) is 0 Å². The minimum absolute atomic E-state index is 0.0303. The first kappa shape index (κ1) is 22.3. The molecule has 1 atom stereocenters. The molecule has 1 aromatic carbocycles. The number of carbonyl (C=O) groups is 1. The Kier molecular flexibility index (Phi) is 7.42. The van der Waals surface area contributed by atoms with Gasteiger partial charge in [-0.2, -0.15) is 0 Å². The molecule has 4 rings (SSSR count). The highest BCUT2D eigenvalue weighted by molar-refractivity contribution is 5.79. The van der Waals surface area contributed by atoms with Crippen molar-refractivity contribution in [2.24, 2.45) is 5.92 Å². The summed E-state index contributed by atoms with van der Waals surface area (Å²) in [6.45, 7) is 10.6. The van der Waals surface area contributed by atoms with Crippen LogP contribution in [0.5, 0.6) is 0 Å². The van der Waals surface area contributed by atoms with Gasteiger partial charge in [0.1, 0.15) is 18.0 Å². The Morgan fingerprint density at radius 3 is 2.56 bits per heavy atom. The molecule has 0 bridgehead atoms. The number of nitrogens with one attached hydrogen (secondary N) is 1. The Balaban J connectivity index is 1.40. The SMILES string of the molecule is CCN(CC)C(=O)C1CCCN(c2cc(Nc3ccc(N4CCOCC4)cc3)ncn2)C1. The highest BCUT2D eigenvalue weighted by atomic mass is 16.5. The van der Waals surface area contributed by atoms with Crippen LogP contribution in [-0.4, -0.2) is 73.3 Å². The maximum atomic E-state index is 12.8. The van der Waals surface area contributed by atoms with Gasteiger partial charge in [-0.05, 0) is 51.0 Å². The average molecular weight is 439 g/mol. The van der Waals surface area contributed by atoms with Gasteiger partial charge in [-0.15, -0.1) is 0 Å². The lowest BCUT2D eigenvalue weighted by Crippen LogP contribution is -2.45. The second-order valence-corrected chi connectivity index (χ2v) is 8.33. The van der Waals surface area contributed by atoms with Crippen molar-refractivity contribution in [2.45, 2.75) is 26.7 Å². The number of aromatic nitrogens is 2. The molecule has 2 aromatic rings. The number of piperidine rings is 1. The summed E-state index contributed by atoms with van der Waals surface area (Å²) in [4.78, 5) is 28.2. The minimum Gasteiger partial charge on any atom is -0.378 e. The molecule has 1 N–H and O–H groups in total. The standard InChI is InChI=1S/C24H34N6O2/c1-3-28(4-2)24(31)19-6-5-11-30(17-19)23-16-22(25-18-26-23)27-20-7-9-21(10-8-20)29-12-14-32-15-13-29/h7-10,16,18-19H,3-6,11-15,17H2,1-2H3,(H,25,26,27). The van der Waals surface area contributed by atoms with E-state index in [1.807, 2.05) is 24.8 Å². The number of rotatable bonds is 7. The average Bonchev–Trinajstić information content (AvgIpc) is 2.86. The van der Waals surface area contributed by atoms with Crippen LogP contribution in [-0.2, 0) is 9.53 Å². The quantitative estimate of drug-likeness (QED) is 0.712. The van der Waals surface area contributed by atoms with E-state index >= 15 is 0 Å². The zero-order valence-electron chi connectivity index (χ0n) is 19.2. The van der Waals surface area contributed by atoms with Gasteiger partial charge in [-0.3, -0.25) is 4.79 Å². The number of anilines is 4. The van der Waals surface area contributed by atoms with Gasteiger partial charge in [0.15, 0.2) is 0 Å². The molecule has 2 saturated heterocycles. The summed E-state index contributed by atoms with van der Waals surface area (Å²) in [5.74, 6) is 1.91. The van der Waals surface area contributed by atoms with E-state index in [2.05, 4.69) is 49.4 Å². The van der Waals surface area contributed by atoms with Gasteiger partial charge in [0, 0.05) is 56.7 Å². The van der Waals surface area contributed by atoms with Crippen molar-refractivity contribution >= 4 is 28.9 Å². The lowest BCUT2D eigenvalue weighted by molar-refractivity contribution is -0.135. The third kappa shape index (κ3) is 5.30. The predicted molar refractivity (Wildman–Crippen MR) is 128 cm³/mol. The maximum absolute atomic E-state index is 12.8. The monoisotopic (exact) mass is 438 g/mol. The van der Waals surface area contributed by atoms with Gasteiger partial charge < -0.3 is 24.8 Å². The van der Waals surface area contributed by atoms with Crippen LogP contribution in [0.15, 0.2) is 36.7 Å². The van der Waals surface area contributed by atoms with E-state index in [-0.39, 0.29) is 11.8 Å². The second-order valence-electron chi connectivity index (χ2n) is 8.33. The fourth-order valence-electron chi connectivity index (χ4n) is 4.49. The van der Waals surface area contributed by atoms with Gasteiger partial charge in [0.05, 0.1) is 19.1 Å². The van der Waals surface area contributed by atoms with Crippen molar-refractivity contribution < 1.29 is 9.53 Å². The summed E-state index contributed by atoms with van der Waals surface area (Å²) in [5, 5.41) is 3.39. The summed E-state index contributed by atoms with van der Waals surface area (Å²) >= 11 is 0. The molecule has 0 aliphatic carbocycles. The van der Waals surface area contributed by atoms with Crippen molar-refractivity contribution in [3.8, 4) is 0 Å². The molecule has 8 heteroatoms. The Morgan fingerprint density at radius 2 is 1.84 bits per heavy atom. The number of morpholine rings is 1. The van der Waals surface area contributed by atoms with Crippen molar-refractivity contribution in [3.63, 3.8) is 0 Å². The number of carbonyl (C=O) groups excluding carboxylic acids is 1. The molecule has 3 heterocycles. The summed E-state index contributed by atoms with van der Waals surface area (Å²) in [7, 11) is 0. The zero-order valence-corrected chi connectivity index (χ0v) is 19.2. The third-order valence-corrected chi connectivity index (χ3v) is 6.34. The highest BCUT2D eigenvalue weighted by Gasteiger charge is 2.29. The molecule has 32 heavy (non-hydrogen) atoms. The number of hydrogen-bond acceptors (Lipinski definition) is 7. The van der Waals surface area contributed by atoms with Gasteiger partial charge in [0.2, 0.25) is 5.91 Å². The summed E-state index contributed by atoms with van der Waals surface area (Å²) in [6, 6.07) is 10.4. The number of ether oxygens (including phenoxy) is 1. The summed E-state index contributed by atoms with van der Waals surface area (Å²) < 4.78 is 5.43. The fourth-order valence-corrected chi connectivity index (χ4v) is 4.49. The van der Waals surface area contributed by atoms with E-state index in [1.165, 1.54) is 5.69 Å². The molecule has 172 valence electrons. The Bertz CT molecular complexity index is 880. The van der Waals surface area contributed by atoms with E-state index in [4.69, 9.17) is 4.74 Å². The molecular weight excluding hydrogens is 404 g/mol. The van der Waals surface area contributed by atoms with Gasteiger partial charge in [-0.25, -0.2) is 9.97 Å². The van der Waals surface area contributed by atoms with Crippen molar-refractivity contribution in [1.29, 1.82) is 0 Å². The summed E-state index contributed by atoms with van der Waals surface area (Å²) in [6.07, 6.45) is 3.53. The molecule has 8 nitrogen and oxygen atoms in total. The van der Waals surface area contributed by atoms with Crippen LogP contribution in [0.1, 0.15) is 26.7 Å². The third-order valence-electron chi connectivity index (χ3n) is 6.34. The van der Waals surface area contributed by atoms with Crippen LogP contribution in [0.25, 0.3) is 0 Å². The summed E-state index contributed by atoms with van der Waals surface area (Å²) in [5.41, 5.74) is 2.19. The molecule has 1 amide bonds. The number of amides is 1. The van der Waals surface area contributed by atoms with Crippen LogP contribution in [0.2, 0.25) is 0 Å². The van der Waals surface area contributed by atoms with Gasteiger partial charge >= 0.3 is 0 Å². The van der Waals surface area contributed by atoms with Crippen LogP contribution in [0.3, 0.4) is 0 Å². The van der Waals surface area contributed by atoms with Crippen LogP contribution < -0.4 is 15.1 Å². The molecule has 0 radical (unpaired) electrons. The van der Waals surface area contributed by atoms with E-state index in [9.17, 15) is 4.79 Å². The largest absolute Gasteiger partial charge is 0.378 e. The first-order chi connectivity index (χ1) is 15.7. The van der Waals surface area contributed by atoms with Crippen LogP contribution in [0, 0.1) is 5.92 Å². The van der Waals surface area contributed by atoms with Crippen molar-refractivity contribution in [3.05, 3.63) is 36.7 Å². The highest BCUT2D eigenvalue weighted by Crippen LogP contribution is 2.26. The molecule has 0 saturated carbocycles. The Hall–Kier alpha value is -2.87. The van der Waals surface area contributed by atoms with E-state index in [0.29, 0.717) is 6.54 Å². The number of nitrogens with zero attached hydrogens (tertiary/aromatic N) is 5. The van der Waals surface area contributed by atoms with E-state index in [0.717, 1.165) is 76.1 Å². The van der Waals surface area contributed by atoms with Crippen molar-refractivity contribution in [2.75, 3.05) is 67.6 Å². The van der Waals surface area contributed by atoms with E-state index < -0.39 is 0 Å². The predicted octanol–water partition coefficient (Wildman–Crippen LogP) is 3.14. The first-order valence-electron chi connectivity index (χ1n) is 11.7. The van der Waals surface area contributed by atoms with Crippen LogP contribution >= 0.6 is 0 Å². The second kappa shape index (κ2) is 10.6. The maximum Gasteiger partial charge on any atom is 0.227 e. The topological polar surface area (TPSA) is 73.8 Å². The molecule has 1 unspecified atom stereocenters. The molecule has 0 spiro atoms. The Labute approximate surface area is 190 Å². The smallest absolute Gasteiger partial charge is 0.227 e. The lowest BCUT2D eigenvalue weighted by Gasteiger charge is -2.35. The molecule has 2 aliphatic heterocycles. The van der Waals surface area contributed by atoms with E-state index in [1.54, 1.807) is 6.33 Å². The van der Waals surface area contributed by atoms with Crippen LogP contribution in [0.4, 0.5) is 23.0 Å². The first-order valence-corrected chi connectivity index (χ1v) is 11.7. The zero-order chi connectivity index (χ0) is 22.3. The lowest BCUT2D eigenvalue weighted by atomic mass is 9.96. The van der Waals surface area contributed by atoms with Gasteiger partial charge in [-0.1, -0.05) is 0 Å². The molecule has 2 aliphatic rings. The molecular formula is C24H34N6O2. The normalized spacial score (nSPS) is 19.0. The fraction of sp³-hybridized carbons (Fsp3) is 0.542.